The number of rotatable bonds is 5. The molecule has 0 atom stereocenters. The van der Waals surface area contributed by atoms with Gasteiger partial charge in [-0.1, -0.05) is 30.9 Å². The number of nitrogens with zero attached hydrogens (tertiary/aromatic N) is 1. The molecule has 4 nitrogen and oxygen atoms in total. The molecular weight excluding hydrogens is 300 g/mol. The van der Waals surface area contributed by atoms with Crippen LogP contribution in [0, 0.1) is 0 Å². The Bertz CT molecular complexity index is 510. The molecule has 0 aromatic heterocycles. The molecule has 0 spiro atoms. The minimum atomic E-state index is -0.0793. The van der Waals surface area contributed by atoms with E-state index < -0.39 is 0 Å². The predicted octanol–water partition coefficient (Wildman–Crippen LogP) is 3.85. The highest BCUT2D eigenvalue weighted by atomic mass is 35.5. The molecule has 1 aromatic carbocycles. The molecule has 0 radical (unpaired) electrons. The van der Waals surface area contributed by atoms with Gasteiger partial charge < -0.3 is 10.2 Å². The lowest BCUT2D eigenvalue weighted by Crippen LogP contribution is -2.41. The average molecular weight is 323 g/mol. The Morgan fingerprint density at radius 2 is 1.82 bits per heavy atom. The summed E-state index contributed by atoms with van der Waals surface area (Å²) in [4.78, 5) is 25.7. The highest BCUT2D eigenvalue weighted by Gasteiger charge is 2.23. The number of amides is 2. The number of anilines is 1. The number of halogens is 1. The van der Waals surface area contributed by atoms with Crippen LogP contribution >= 0.6 is 11.6 Å². The fraction of sp³-hybridized carbons (Fsp3) is 0.529. The zero-order valence-electron chi connectivity index (χ0n) is 13.0. The molecule has 0 aliphatic heterocycles. The second-order valence-electron chi connectivity index (χ2n) is 5.81. The fourth-order valence-corrected chi connectivity index (χ4v) is 3.09. The van der Waals surface area contributed by atoms with Crippen LogP contribution in [0.5, 0.6) is 0 Å². The first kappa shape index (κ1) is 16.8. The van der Waals surface area contributed by atoms with Crippen molar-refractivity contribution in [2.45, 2.75) is 51.5 Å². The van der Waals surface area contributed by atoms with Gasteiger partial charge in [0.05, 0.1) is 0 Å². The molecule has 120 valence electrons. The number of carbonyl (C=O) groups excluding carboxylic acids is 2. The Hall–Kier alpha value is -1.55. The highest BCUT2D eigenvalue weighted by Crippen LogP contribution is 2.23. The monoisotopic (exact) mass is 322 g/mol. The van der Waals surface area contributed by atoms with Gasteiger partial charge in [0.25, 0.3) is 0 Å². The van der Waals surface area contributed by atoms with Gasteiger partial charge in [0.15, 0.2) is 0 Å². The molecular formula is C17H23ClN2O2. The van der Waals surface area contributed by atoms with Crippen molar-refractivity contribution in [2.75, 3.05) is 11.9 Å². The molecule has 1 aromatic rings. The number of hydrogen-bond acceptors (Lipinski definition) is 2. The zero-order chi connectivity index (χ0) is 15.9. The van der Waals surface area contributed by atoms with E-state index in [4.69, 9.17) is 11.6 Å². The fourth-order valence-electron chi connectivity index (χ4n) is 2.97. The average Bonchev–Trinajstić information content (AvgIpc) is 2.50. The van der Waals surface area contributed by atoms with E-state index in [0.29, 0.717) is 24.0 Å². The van der Waals surface area contributed by atoms with Crippen molar-refractivity contribution in [3.8, 4) is 0 Å². The van der Waals surface area contributed by atoms with Gasteiger partial charge >= 0.3 is 0 Å². The van der Waals surface area contributed by atoms with E-state index in [1.807, 2.05) is 4.90 Å². The minimum Gasteiger partial charge on any atom is -0.339 e. The third-order valence-corrected chi connectivity index (χ3v) is 4.38. The van der Waals surface area contributed by atoms with Crippen LogP contribution in [0.25, 0.3) is 0 Å². The summed E-state index contributed by atoms with van der Waals surface area (Å²) in [5, 5.41) is 3.47. The predicted molar refractivity (Wildman–Crippen MR) is 89.0 cm³/mol. The molecule has 1 saturated carbocycles. The number of carbonyl (C=O) groups is 2. The van der Waals surface area contributed by atoms with Gasteiger partial charge in [0.2, 0.25) is 11.8 Å². The Kier molecular flexibility index (Phi) is 6.25. The lowest BCUT2D eigenvalue weighted by Gasteiger charge is -2.33. The Labute approximate surface area is 136 Å². The Balaban J connectivity index is 1.84. The molecule has 1 aliphatic carbocycles. The molecule has 22 heavy (non-hydrogen) atoms. The first-order valence-electron chi connectivity index (χ1n) is 7.89. The van der Waals surface area contributed by atoms with Gasteiger partial charge in [-0.15, -0.1) is 0 Å². The maximum atomic E-state index is 12.0. The van der Waals surface area contributed by atoms with E-state index in [-0.39, 0.29) is 11.8 Å². The maximum Gasteiger partial charge on any atom is 0.226 e. The summed E-state index contributed by atoms with van der Waals surface area (Å²) in [7, 11) is 0. The Morgan fingerprint density at radius 3 is 2.41 bits per heavy atom. The topological polar surface area (TPSA) is 49.4 Å². The smallest absolute Gasteiger partial charge is 0.226 e. The van der Waals surface area contributed by atoms with Crippen molar-refractivity contribution in [1.82, 2.24) is 4.90 Å². The number of nitrogens with one attached hydrogen (secondary N) is 1. The van der Waals surface area contributed by atoms with Crippen molar-refractivity contribution in [3.63, 3.8) is 0 Å². The van der Waals surface area contributed by atoms with Crippen LogP contribution in [-0.4, -0.2) is 29.3 Å². The summed E-state index contributed by atoms with van der Waals surface area (Å²) >= 11 is 5.81. The number of benzene rings is 1. The SMILES string of the molecule is CC(=O)N(CCC(=O)Nc1ccc(Cl)cc1)C1CCCCC1. The first-order valence-corrected chi connectivity index (χ1v) is 8.26. The van der Waals surface area contributed by atoms with Crippen LogP contribution < -0.4 is 5.32 Å². The molecule has 0 saturated heterocycles. The van der Waals surface area contributed by atoms with Gasteiger partial charge in [-0.05, 0) is 37.1 Å². The van der Waals surface area contributed by atoms with Crippen LogP contribution in [0.4, 0.5) is 5.69 Å². The second-order valence-corrected chi connectivity index (χ2v) is 6.25. The summed E-state index contributed by atoms with van der Waals surface area (Å²) < 4.78 is 0. The number of hydrogen-bond donors (Lipinski definition) is 1. The van der Waals surface area contributed by atoms with Crippen molar-refractivity contribution in [1.29, 1.82) is 0 Å². The normalized spacial score (nSPS) is 15.4. The maximum absolute atomic E-state index is 12.0. The summed E-state index contributed by atoms with van der Waals surface area (Å²) in [6.45, 7) is 2.07. The molecule has 2 amide bonds. The molecule has 5 heteroatoms. The van der Waals surface area contributed by atoms with Crippen molar-refractivity contribution in [2.24, 2.45) is 0 Å². The van der Waals surface area contributed by atoms with Gasteiger partial charge in [0, 0.05) is 36.6 Å². The standard InChI is InChI=1S/C17H23ClN2O2/c1-13(21)20(16-5-3-2-4-6-16)12-11-17(22)19-15-9-7-14(18)8-10-15/h7-10,16H,2-6,11-12H2,1H3,(H,19,22). The van der Waals surface area contributed by atoms with Crippen LogP contribution in [-0.2, 0) is 9.59 Å². The Morgan fingerprint density at radius 1 is 1.18 bits per heavy atom. The van der Waals surface area contributed by atoms with Gasteiger partial charge in [-0.2, -0.15) is 0 Å². The third-order valence-electron chi connectivity index (χ3n) is 4.13. The van der Waals surface area contributed by atoms with E-state index in [1.54, 1.807) is 31.2 Å². The van der Waals surface area contributed by atoms with E-state index >= 15 is 0 Å². The molecule has 1 N–H and O–H groups in total. The van der Waals surface area contributed by atoms with E-state index in [2.05, 4.69) is 5.32 Å². The van der Waals surface area contributed by atoms with Crippen molar-refractivity contribution < 1.29 is 9.59 Å². The lowest BCUT2D eigenvalue weighted by atomic mass is 9.94. The summed E-state index contributed by atoms with van der Waals surface area (Å²) in [6.07, 6.45) is 6.02. The molecule has 1 aliphatic rings. The molecule has 0 unspecified atom stereocenters. The molecule has 0 heterocycles. The van der Waals surface area contributed by atoms with Crippen molar-refractivity contribution in [3.05, 3.63) is 29.3 Å². The van der Waals surface area contributed by atoms with E-state index in [9.17, 15) is 9.59 Å². The van der Waals surface area contributed by atoms with Gasteiger partial charge in [0.1, 0.15) is 0 Å². The van der Waals surface area contributed by atoms with Crippen molar-refractivity contribution >= 4 is 29.1 Å². The summed E-state index contributed by atoms with van der Waals surface area (Å²) in [5.41, 5.74) is 0.724. The summed E-state index contributed by atoms with van der Waals surface area (Å²) in [5.74, 6) is -0.0180. The van der Waals surface area contributed by atoms with Crippen LogP contribution in [0.2, 0.25) is 5.02 Å². The highest BCUT2D eigenvalue weighted by molar-refractivity contribution is 6.30. The largest absolute Gasteiger partial charge is 0.339 e. The second kappa shape index (κ2) is 8.18. The van der Waals surface area contributed by atoms with Crippen LogP contribution in [0.15, 0.2) is 24.3 Å². The van der Waals surface area contributed by atoms with Crippen LogP contribution in [0.1, 0.15) is 45.4 Å². The van der Waals surface area contributed by atoms with E-state index in [1.165, 1.54) is 19.3 Å². The molecule has 0 bridgehead atoms. The first-order chi connectivity index (χ1) is 10.6. The minimum absolute atomic E-state index is 0.0613. The zero-order valence-corrected chi connectivity index (χ0v) is 13.7. The van der Waals surface area contributed by atoms with E-state index in [0.717, 1.165) is 18.5 Å². The summed E-state index contributed by atoms with van der Waals surface area (Å²) in [6, 6.07) is 7.31. The molecule has 2 rings (SSSR count). The van der Waals surface area contributed by atoms with Gasteiger partial charge in [-0.3, -0.25) is 9.59 Å². The van der Waals surface area contributed by atoms with Crippen LogP contribution in [0.3, 0.4) is 0 Å². The quantitative estimate of drug-likeness (QED) is 0.895. The third kappa shape index (κ3) is 5.02. The van der Waals surface area contributed by atoms with Gasteiger partial charge in [-0.25, -0.2) is 0 Å². The lowest BCUT2D eigenvalue weighted by molar-refractivity contribution is -0.132. The molecule has 1 fully saturated rings.